The third-order valence-electron chi connectivity index (χ3n) is 2.59. The monoisotopic (exact) mass is 314 g/mol. The van der Waals surface area contributed by atoms with Gasteiger partial charge in [0.25, 0.3) is 0 Å². The first-order valence-electron chi connectivity index (χ1n) is 5.57. The Morgan fingerprint density at radius 2 is 2.00 bits per heavy atom. The molecule has 0 atom stereocenters. The van der Waals surface area contributed by atoms with E-state index in [1.165, 1.54) is 24.3 Å². The van der Waals surface area contributed by atoms with Crippen LogP contribution in [0, 0.1) is 5.82 Å². The summed E-state index contributed by atoms with van der Waals surface area (Å²) in [6.07, 6.45) is 0. The van der Waals surface area contributed by atoms with Crippen LogP contribution in [0.25, 0.3) is 0 Å². The van der Waals surface area contributed by atoms with E-state index in [-0.39, 0.29) is 33.5 Å². The second-order valence-electron chi connectivity index (χ2n) is 3.94. The molecule has 104 valence electrons. The Labute approximate surface area is 124 Å². The van der Waals surface area contributed by atoms with Crippen molar-refractivity contribution in [1.29, 1.82) is 0 Å². The van der Waals surface area contributed by atoms with E-state index in [1.807, 2.05) is 0 Å². The van der Waals surface area contributed by atoms with E-state index in [0.717, 1.165) is 6.07 Å². The Morgan fingerprint density at radius 1 is 1.25 bits per heavy atom. The Morgan fingerprint density at radius 3 is 2.65 bits per heavy atom. The first-order chi connectivity index (χ1) is 9.49. The Bertz CT molecular complexity index is 659. The number of benzene rings is 2. The molecule has 1 N–H and O–H groups in total. The second-order valence-corrected chi connectivity index (χ2v) is 4.79. The van der Waals surface area contributed by atoms with Gasteiger partial charge in [-0.1, -0.05) is 35.3 Å². The van der Waals surface area contributed by atoms with Crippen LogP contribution in [0.5, 0.6) is 5.75 Å². The molecule has 3 nitrogen and oxygen atoms in total. The van der Waals surface area contributed by atoms with Crippen LogP contribution in [-0.4, -0.2) is 11.1 Å². The zero-order valence-electron chi connectivity index (χ0n) is 10.1. The van der Waals surface area contributed by atoms with Crippen LogP contribution in [0.4, 0.5) is 4.39 Å². The van der Waals surface area contributed by atoms with Crippen LogP contribution in [0.2, 0.25) is 10.0 Å². The summed E-state index contributed by atoms with van der Waals surface area (Å²) in [5, 5.41) is 9.42. The van der Waals surface area contributed by atoms with Crippen molar-refractivity contribution in [2.24, 2.45) is 0 Å². The maximum Gasteiger partial charge on any atom is 0.341 e. The van der Waals surface area contributed by atoms with E-state index in [0.29, 0.717) is 0 Å². The average Bonchev–Trinajstić information content (AvgIpc) is 2.37. The number of carbonyl (C=O) groups is 1. The molecule has 0 saturated carbocycles. The van der Waals surface area contributed by atoms with Crippen molar-refractivity contribution in [3.63, 3.8) is 0 Å². The lowest BCUT2D eigenvalue weighted by Crippen LogP contribution is -2.05. The Hall–Kier alpha value is -1.78. The lowest BCUT2D eigenvalue weighted by molar-refractivity contribution is 0.0692. The molecule has 2 rings (SSSR count). The molecular formula is C14H9Cl2FO3. The fourth-order valence-electron chi connectivity index (χ4n) is 1.63. The van der Waals surface area contributed by atoms with Gasteiger partial charge in [-0.05, 0) is 24.3 Å². The second kappa shape index (κ2) is 6.11. The molecule has 0 amide bonds. The summed E-state index contributed by atoms with van der Waals surface area (Å²) in [7, 11) is 0. The predicted molar refractivity (Wildman–Crippen MR) is 74.2 cm³/mol. The highest BCUT2D eigenvalue weighted by atomic mass is 35.5. The van der Waals surface area contributed by atoms with Crippen LogP contribution >= 0.6 is 23.2 Å². The van der Waals surface area contributed by atoms with Crippen molar-refractivity contribution in [3.05, 3.63) is 63.4 Å². The maximum absolute atomic E-state index is 13.6. The van der Waals surface area contributed by atoms with Crippen LogP contribution < -0.4 is 4.74 Å². The molecule has 6 heteroatoms. The molecule has 2 aromatic carbocycles. The smallest absolute Gasteiger partial charge is 0.341 e. The van der Waals surface area contributed by atoms with Gasteiger partial charge in [0.2, 0.25) is 0 Å². The standard InChI is InChI=1S/C14H9Cl2FO3/c15-9-5-4-8(11(17)6-9)7-20-12-3-1-2-10(16)13(12)14(18)19/h1-6H,7H2,(H,18,19). The minimum Gasteiger partial charge on any atom is -0.488 e. The van der Waals surface area contributed by atoms with E-state index in [9.17, 15) is 9.18 Å². The highest BCUT2D eigenvalue weighted by Gasteiger charge is 2.16. The number of hydrogen-bond donors (Lipinski definition) is 1. The highest BCUT2D eigenvalue weighted by Crippen LogP contribution is 2.27. The molecule has 0 fully saturated rings. The average molecular weight is 315 g/mol. The van der Waals surface area contributed by atoms with E-state index >= 15 is 0 Å². The zero-order chi connectivity index (χ0) is 14.7. The van der Waals surface area contributed by atoms with Crippen LogP contribution in [0.15, 0.2) is 36.4 Å². The summed E-state index contributed by atoms with van der Waals surface area (Å²) in [5.41, 5.74) is 0.120. The van der Waals surface area contributed by atoms with Crippen molar-refractivity contribution in [3.8, 4) is 5.75 Å². The van der Waals surface area contributed by atoms with Crippen LogP contribution in [-0.2, 0) is 6.61 Å². The summed E-state index contributed by atoms with van der Waals surface area (Å²) in [5.74, 6) is -1.64. The Kier molecular flexibility index (Phi) is 4.47. The van der Waals surface area contributed by atoms with Crippen molar-refractivity contribution in [2.75, 3.05) is 0 Å². The highest BCUT2D eigenvalue weighted by molar-refractivity contribution is 6.33. The molecule has 0 aromatic heterocycles. The minimum absolute atomic E-state index is 0.0616. The molecule has 0 heterocycles. The normalized spacial score (nSPS) is 10.3. The van der Waals surface area contributed by atoms with Gasteiger partial charge in [0.15, 0.2) is 0 Å². The number of halogens is 3. The number of aromatic carboxylic acids is 1. The van der Waals surface area contributed by atoms with Gasteiger partial charge in [-0.15, -0.1) is 0 Å². The number of carboxylic acids is 1. The van der Waals surface area contributed by atoms with Gasteiger partial charge in [-0.2, -0.15) is 0 Å². The van der Waals surface area contributed by atoms with Gasteiger partial charge < -0.3 is 9.84 Å². The van der Waals surface area contributed by atoms with Gasteiger partial charge in [-0.3, -0.25) is 0 Å². The molecule has 0 bridgehead atoms. The lowest BCUT2D eigenvalue weighted by Gasteiger charge is -2.10. The fourth-order valence-corrected chi connectivity index (χ4v) is 2.03. The predicted octanol–water partition coefficient (Wildman–Crippen LogP) is 4.41. The van der Waals surface area contributed by atoms with E-state index in [2.05, 4.69) is 0 Å². The van der Waals surface area contributed by atoms with Crippen LogP contribution in [0.3, 0.4) is 0 Å². The molecule has 0 spiro atoms. The number of ether oxygens (including phenoxy) is 1. The van der Waals surface area contributed by atoms with Gasteiger partial charge in [-0.25, -0.2) is 9.18 Å². The third-order valence-corrected chi connectivity index (χ3v) is 3.14. The van der Waals surface area contributed by atoms with Crippen molar-refractivity contribution in [2.45, 2.75) is 6.61 Å². The molecule has 0 aliphatic heterocycles. The first-order valence-corrected chi connectivity index (χ1v) is 6.33. The molecule has 0 aliphatic rings. The third kappa shape index (κ3) is 3.21. The van der Waals surface area contributed by atoms with Gasteiger partial charge in [0.1, 0.15) is 23.7 Å². The summed E-state index contributed by atoms with van der Waals surface area (Å²) in [6.45, 7) is -0.121. The molecular weight excluding hydrogens is 306 g/mol. The van der Waals surface area contributed by atoms with Crippen LogP contribution in [0.1, 0.15) is 15.9 Å². The topological polar surface area (TPSA) is 46.5 Å². The van der Waals surface area contributed by atoms with E-state index in [1.54, 1.807) is 6.07 Å². The fraction of sp³-hybridized carbons (Fsp3) is 0.0714. The molecule has 0 radical (unpaired) electrons. The van der Waals surface area contributed by atoms with Gasteiger partial charge >= 0.3 is 5.97 Å². The number of hydrogen-bond acceptors (Lipinski definition) is 2. The minimum atomic E-state index is -1.21. The largest absolute Gasteiger partial charge is 0.488 e. The molecule has 0 saturated heterocycles. The van der Waals surface area contributed by atoms with Crippen molar-refractivity contribution < 1.29 is 19.0 Å². The SMILES string of the molecule is O=C(O)c1c(Cl)cccc1OCc1ccc(Cl)cc1F. The lowest BCUT2D eigenvalue weighted by atomic mass is 10.2. The zero-order valence-corrected chi connectivity index (χ0v) is 11.6. The van der Waals surface area contributed by atoms with E-state index < -0.39 is 11.8 Å². The van der Waals surface area contributed by atoms with Crippen molar-refractivity contribution in [1.82, 2.24) is 0 Å². The summed E-state index contributed by atoms with van der Waals surface area (Å²) in [4.78, 5) is 11.1. The summed E-state index contributed by atoms with van der Waals surface area (Å²) >= 11 is 11.5. The van der Waals surface area contributed by atoms with Gasteiger partial charge in [0.05, 0.1) is 5.02 Å². The molecule has 2 aromatic rings. The van der Waals surface area contributed by atoms with Crippen molar-refractivity contribution >= 4 is 29.2 Å². The molecule has 0 aliphatic carbocycles. The van der Waals surface area contributed by atoms with Gasteiger partial charge in [0, 0.05) is 10.6 Å². The summed E-state index contributed by atoms with van der Waals surface area (Å²) in [6, 6.07) is 8.63. The number of carboxylic acid groups (broad SMARTS) is 1. The molecule has 0 unspecified atom stereocenters. The summed E-state index contributed by atoms with van der Waals surface area (Å²) < 4.78 is 18.9. The maximum atomic E-state index is 13.6. The van der Waals surface area contributed by atoms with E-state index in [4.69, 9.17) is 33.0 Å². The quantitative estimate of drug-likeness (QED) is 0.909. The first kappa shape index (κ1) is 14.6. The Balaban J connectivity index is 2.23. The number of rotatable bonds is 4. The molecule has 20 heavy (non-hydrogen) atoms.